The SMILES string of the molecule is O=C1OCC(c2ccccc2)N1C1CCN(C(=S)Nc2cccnc2)CC1. The summed E-state index contributed by atoms with van der Waals surface area (Å²) in [5.74, 6) is 0. The molecule has 6 nitrogen and oxygen atoms in total. The zero-order valence-corrected chi connectivity index (χ0v) is 15.8. The lowest BCUT2D eigenvalue weighted by atomic mass is 9.99. The highest BCUT2D eigenvalue weighted by Crippen LogP contribution is 2.33. The largest absolute Gasteiger partial charge is 0.447 e. The van der Waals surface area contributed by atoms with Gasteiger partial charge in [0.05, 0.1) is 17.9 Å². The maximum atomic E-state index is 12.4. The van der Waals surface area contributed by atoms with Gasteiger partial charge >= 0.3 is 6.09 Å². The quantitative estimate of drug-likeness (QED) is 0.821. The summed E-state index contributed by atoms with van der Waals surface area (Å²) in [6.07, 6.45) is 5.01. The Balaban J connectivity index is 1.38. The van der Waals surface area contributed by atoms with E-state index in [-0.39, 0.29) is 18.2 Å². The van der Waals surface area contributed by atoms with Crippen molar-refractivity contribution in [2.75, 3.05) is 25.0 Å². The van der Waals surface area contributed by atoms with Crippen LogP contribution in [-0.4, -0.2) is 51.7 Å². The predicted octanol–water partition coefficient (Wildman–Crippen LogP) is 3.44. The molecule has 0 aliphatic carbocycles. The van der Waals surface area contributed by atoms with Gasteiger partial charge < -0.3 is 15.0 Å². The first-order valence-corrected chi connectivity index (χ1v) is 9.59. The molecule has 1 N–H and O–H groups in total. The number of hydrogen-bond acceptors (Lipinski definition) is 4. The minimum absolute atomic E-state index is 0.00396. The van der Waals surface area contributed by atoms with Crippen molar-refractivity contribution >= 4 is 29.1 Å². The maximum Gasteiger partial charge on any atom is 0.410 e. The molecule has 27 heavy (non-hydrogen) atoms. The third kappa shape index (κ3) is 3.88. The lowest BCUT2D eigenvalue weighted by Gasteiger charge is -2.38. The number of thiocarbonyl (C=S) groups is 1. The molecule has 1 aromatic carbocycles. The van der Waals surface area contributed by atoms with Crippen LogP contribution in [0.5, 0.6) is 0 Å². The lowest BCUT2D eigenvalue weighted by Crippen LogP contribution is -2.48. The Hall–Kier alpha value is -2.67. The fraction of sp³-hybridized carbons (Fsp3) is 0.350. The minimum atomic E-state index is -0.210. The Labute approximate surface area is 164 Å². The van der Waals surface area contributed by atoms with E-state index in [1.807, 2.05) is 35.2 Å². The lowest BCUT2D eigenvalue weighted by molar-refractivity contribution is 0.123. The number of anilines is 1. The van der Waals surface area contributed by atoms with Gasteiger partial charge in [-0.05, 0) is 42.8 Å². The number of likely N-dealkylation sites (tertiary alicyclic amines) is 1. The summed E-state index contributed by atoms with van der Waals surface area (Å²) in [5.41, 5.74) is 2.01. The Morgan fingerprint density at radius 1 is 1.15 bits per heavy atom. The van der Waals surface area contributed by atoms with E-state index in [0.717, 1.165) is 37.2 Å². The number of rotatable bonds is 3. The van der Waals surface area contributed by atoms with Gasteiger partial charge in [-0.25, -0.2) is 4.79 Å². The maximum absolute atomic E-state index is 12.4. The van der Waals surface area contributed by atoms with Crippen LogP contribution in [0.3, 0.4) is 0 Å². The van der Waals surface area contributed by atoms with Crippen LogP contribution in [0.2, 0.25) is 0 Å². The van der Waals surface area contributed by atoms with Crippen molar-refractivity contribution in [3.05, 3.63) is 60.4 Å². The molecular weight excluding hydrogens is 360 g/mol. The smallest absolute Gasteiger partial charge is 0.410 e. The van der Waals surface area contributed by atoms with Gasteiger partial charge in [-0.1, -0.05) is 30.3 Å². The molecule has 0 spiro atoms. The van der Waals surface area contributed by atoms with E-state index in [1.54, 1.807) is 12.4 Å². The van der Waals surface area contributed by atoms with Gasteiger partial charge in [0.1, 0.15) is 6.61 Å². The van der Waals surface area contributed by atoms with Crippen LogP contribution < -0.4 is 5.32 Å². The average Bonchev–Trinajstić information content (AvgIpc) is 3.11. The first kappa shape index (κ1) is 17.7. The summed E-state index contributed by atoms with van der Waals surface area (Å²) in [4.78, 5) is 20.5. The van der Waals surface area contributed by atoms with Crippen LogP contribution in [0, 0.1) is 0 Å². The van der Waals surface area contributed by atoms with Gasteiger partial charge in [-0.15, -0.1) is 0 Å². The molecule has 1 amide bonds. The Morgan fingerprint density at radius 3 is 2.63 bits per heavy atom. The Kier molecular flexibility index (Phi) is 5.20. The molecule has 0 bridgehead atoms. The number of aromatic nitrogens is 1. The van der Waals surface area contributed by atoms with E-state index < -0.39 is 0 Å². The zero-order valence-electron chi connectivity index (χ0n) is 15.0. The van der Waals surface area contributed by atoms with Gasteiger partial charge in [0.15, 0.2) is 5.11 Å². The average molecular weight is 382 g/mol. The fourth-order valence-electron chi connectivity index (χ4n) is 3.75. The summed E-state index contributed by atoms with van der Waals surface area (Å²) in [5, 5.41) is 3.93. The number of hydrogen-bond donors (Lipinski definition) is 1. The molecule has 1 unspecified atom stereocenters. The number of cyclic esters (lactones) is 1. The van der Waals surface area contributed by atoms with E-state index in [0.29, 0.717) is 11.7 Å². The van der Waals surface area contributed by atoms with E-state index in [9.17, 15) is 4.79 Å². The second-order valence-electron chi connectivity index (χ2n) is 6.80. The number of nitrogens with zero attached hydrogens (tertiary/aromatic N) is 3. The molecule has 4 rings (SSSR count). The normalized spacial score (nSPS) is 20.4. The van der Waals surface area contributed by atoms with Gasteiger partial charge in [0, 0.05) is 25.3 Å². The van der Waals surface area contributed by atoms with E-state index in [2.05, 4.69) is 27.3 Å². The number of ether oxygens (including phenoxy) is 1. The molecule has 0 radical (unpaired) electrons. The van der Waals surface area contributed by atoms with Crippen molar-refractivity contribution in [1.82, 2.24) is 14.8 Å². The third-order valence-corrected chi connectivity index (χ3v) is 5.51. The highest BCUT2D eigenvalue weighted by Gasteiger charge is 2.40. The number of carbonyl (C=O) groups is 1. The number of amides is 1. The van der Waals surface area contributed by atoms with Crippen LogP contribution in [-0.2, 0) is 4.74 Å². The standard InChI is InChI=1S/C20H22N4O2S/c25-20-24(18(14-26-20)15-5-2-1-3-6-15)17-8-11-23(12-9-17)19(27)22-16-7-4-10-21-13-16/h1-7,10,13,17-18H,8-9,11-12,14H2,(H,22,27). The summed E-state index contributed by atoms with van der Waals surface area (Å²) < 4.78 is 5.37. The van der Waals surface area contributed by atoms with Gasteiger partial charge in [-0.3, -0.25) is 9.88 Å². The summed E-state index contributed by atoms with van der Waals surface area (Å²) in [7, 11) is 0. The van der Waals surface area contributed by atoms with Crippen molar-refractivity contribution in [3.8, 4) is 0 Å². The number of piperidine rings is 1. The van der Waals surface area contributed by atoms with E-state index in [1.165, 1.54) is 0 Å². The minimum Gasteiger partial charge on any atom is -0.447 e. The van der Waals surface area contributed by atoms with E-state index >= 15 is 0 Å². The first-order valence-electron chi connectivity index (χ1n) is 9.18. The van der Waals surface area contributed by atoms with Crippen LogP contribution >= 0.6 is 12.2 Å². The van der Waals surface area contributed by atoms with Crippen molar-refractivity contribution in [2.45, 2.75) is 24.9 Å². The molecule has 0 saturated carbocycles. The molecule has 2 aliphatic heterocycles. The molecule has 140 valence electrons. The van der Waals surface area contributed by atoms with Crippen molar-refractivity contribution in [3.63, 3.8) is 0 Å². The third-order valence-electron chi connectivity index (χ3n) is 5.15. The topological polar surface area (TPSA) is 57.7 Å². The molecule has 2 saturated heterocycles. The summed E-state index contributed by atoms with van der Waals surface area (Å²) >= 11 is 5.53. The monoisotopic (exact) mass is 382 g/mol. The molecular formula is C20H22N4O2S. The molecule has 3 heterocycles. The molecule has 2 aromatic rings. The Bertz CT molecular complexity index is 794. The zero-order chi connectivity index (χ0) is 18.6. The van der Waals surface area contributed by atoms with Gasteiger partial charge in [0.25, 0.3) is 0 Å². The molecule has 7 heteroatoms. The van der Waals surface area contributed by atoms with Crippen molar-refractivity contribution in [1.29, 1.82) is 0 Å². The van der Waals surface area contributed by atoms with Crippen molar-refractivity contribution < 1.29 is 9.53 Å². The van der Waals surface area contributed by atoms with Crippen LogP contribution in [0.4, 0.5) is 10.5 Å². The van der Waals surface area contributed by atoms with E-state index in [4.69, 9.17) is 17.0 Å². The Morgan fingerprint density at radius 2 is 1.93 bits per heavy atom. The molecule has 2 fully saturated rings. The van der Waals surface area contributed by atoms with Crippen LogP contribution in [0.15, 0.2) is 54.9 Å². The number of nitrogens with one attached hydrogen (secondary N) is 1. The van der Waals surface area contributed by atoms with Crippen LogP contribution in [0.25, 0.3) is 0 Å². The highest BCUT2D eigenvalue weighted by molar-refractivity contribution is 7.80. The number of carbonyl (C=O) groups excluding carboxylic acids is 1. The van der Waals surface area contributed by atoms with Crippen molar-refractivity contribution in [2.24, 2.45) is 0 Å². The first-order chi connectivity index (χ1) is 13.2. The fourth-order valence-corrected chi connectivity index (χ4v) is 4.05. The van der Waals surface area contributed by atoms with Gasteiger partial charge in [-0.2, -0.15) is 0 Å². The summed E-state index contributed by atoms with van der Waals surface area (Å²) in [6.45, 7) is 2.04. The highest BCUT2D eigenvalue weighted by atomic mass is 32.1. The molecule has 1 aromatic heterocycles. The molecule has 2 aliphatic rings. The van der Waals surface area contributed by atoms with Gasteiger partial charge in [0.2, 0.25) is 0 Å². The summed E-state index contributed by atoms with van der Waals surface area (Å²) in [6, 6.07) is 14.1. The second kappa shape index (κ2) is 7.92. The van der Waals surface area contributed by atoms with Crippen LogP contribution in [0.1, 0.15) is 24.4 Å². The predicted molar refractivity (Wildman–Crippen MR) is 107 cm³/mol. The number of pyridine rings is 1. The number of benzene rings is 1. The molecule has 1 atom stereocenters. The second-order valence-corrected chi connectivity index (χ2v) is 7.19.